The van der Waals surface area contributed by atoms with Gasteiger partial charge in [-0.1, -0.05) is 24.3 Å². The summed E-state index contributed by atoms with van der Waals surface area (Å²) >= 11 is 0. The van der Waals surface area contributed by atoms with Gasteiger partial charge in [-0.25, -0.2) is 4.68 Å². The Morgan fingerprint density at radius 2 is 1.90 bits per heavy atom. The zero-order valence-corrected chi connectivity index (χ0v) is 17.0. The predicted octanol–water partition coefficient (Wildman–Crippen LogP) is 4.92. The highest BCUT2D eigenvalue weighted by Gasteiger charge is 2.35. The molecule has 0 atom stereocenters. The Hall–Kier alpha value is -3.29. The summed E-state index contributed by atoms with van der Waals surface area (Å²) in [5, 5.41) is 4.27. The van der Waals surface area contributed by atoms with Gasteiger partial charge in [0.15, 0.2) is 0 Å². The molecule has 0 radical (unpaired) electrons. The van der Waals surface area contributed by atoms with Crippen LogP contribution in [0.15, 0.2) is 60.8 Å². The molecule has 31 heavy (non-hydrogen) atoms. The number of alkyl halides is 3. The number of hydrogen-bond acceptors (Lipinski definition) is 3. The summed E-state index contributed by atoms with van der Waals surface area (Å²) in [6.45, 7) is 0.694. The van der Waals surface area contributed by atoms with E-state index in [0.717, 1.165) is 30.7 Å². The van der Waals surface area contributed by atoms with E-state index in [-0.39, 0.29) is 11.8 Å². The first kappa shape index (κ1) is 21.0. The van der Waals surface area contributed by atoms with Crippen molar-refractivity contribution in [3.63, 3.8) is 0 Å². The molecule has 0 bridgehead atoms. The summed E-state index contributed by atoms with van der Waals surface area (Å²) in [5.41, 5.74) is 0.637. The van der Waals surface area contributed by atoms with Crippen LogP contribution in [0.3, 0.4) is 0 Å². The summed E-state index contributed by atoms with van der Waals surface area (Å²) in [7, 11) is 1.68. The number of ether oxygens (including phenoxy) is 1. The van der Waals surface area contributed by atoms with Crippen molar-refractivity contribution in [2.75, 3.05) is 20.2 Å². The van der Waals surface area contributed by atoms with Gasteiger partial charge in [-0.2, -0.15) is 18.3 Å². The molecule has 5 nitrogen and oxygen atoms in total. The van der Waals surface area contributed by atoms with Gasteiger partial charge in [-0.05, 0) is 43.2 Å². The van der Waals surface area contributed by atoms with E-state index in [9.17, 15) is 18.0 Å². The van der Waals surface area contributed by atoms with Crippen LogP contribution in [0.25, 0.3) is 5.69 Å². The van der Waals surface area contributed by atoms with Gasteiger partial charge < -0.3 is 9.64 Å². The predicted molar refractivity (Wildman–Crippen MR) is 109 cm³/mol. The fourth-order valence-electron chi connectivity index (χ4n) is 3.42. The molecule has 1 aliphatic carbocycles. The summed E-state index contributed by atoms with van der Waals surface area (Å²) in [6, 6.07) is 14.3. The van der Waals surface area contributed by atoms with Gasteiger partial charge in [-0.3, -0.25) is 4.79 Å². The third-order valence-corrected chi connectivity index (χ3v) is 5.20. The summed E-state index contributed by atoms with van der Waals surface area (Å²) in [4.78, 5) is 14.6. The molecule has 2 aromatic carbocycles. The van der Waals surface area contributed by atoms with Gasteiger partial charge in [0.25, 0.3) is 5.91 Å². The minimum atomic E-state index is -4.44. The number of carbonyl (C=O) groups is 1. The molecule has 8 heteroatoms. The first-order valence-corrected chi connectivity index (χ1v) is 10.0. The number of para-hydroxylation sites is 1. The zero-order chi connectivity index (χ0) is 22.0. The molecule has 1 fully saturated rings. The van der Waals surface area contributed by atoms with Crippen molar-refractivity contribution in [3.8, 4) is 11.4 Å². The normalized spacial score (nSPS) is 13.8. The van der Waals surface area contributed by atoms with Crippen molar-refractivity contribution in [1.29, 1.82) is 0 Å². The van der Waals surface area contributed by atoms with Gasteiger partial charge in [0, 0.05) is 13.0 Å². The van der Waals surface area contributed by atoms with Crippen LogP contribution in [-0.4, -0.2) is 40.8 Å². The van der Waals surface area contributed by atoms with Crippen molar-refractivity contribution in [1.82, 2.24) is 14.7 Å². The lowest BCUT2D eigenvalue weighted by Gasteiger charge is -2.18. The third kappa shape index (κ3) is 4.73. The van der Waals surface area contributed by atoms with Gasteiger partial charge in [0.2, 0.25) is 0 Å². The number of aromatic nitrogens is 2. The van der Waals surface area contributed by atoms with E-state index in [1.54, 1.807) is 18.0 Å². The minimum absolute atomic E-state index is 0.116. The number of hydrogen-bond donors (Lipinski definition) is 0. The van der Waals surface area contributed by atoms with Crippen molar-refractivity contribution >= 4 is 5.91 Å². The van der Waals surface area contributed by atoms with E-state index in [2.05, 4.69) is 5.10 Å². The number of likely N-dealkylation sites (N-methyl/N-ethyl adjacent to an activating group) is 1. The molecule has 0 spiro atoms. The van der Waals surface area contributed by atoms with Crippen LogP contribution in [0.2, 0.25) is 0 Å². The van der Waals surface area contributed by atoms with E-state index < -0.39 is 11.7 Å². The Morgan fingerprint density at radius 1 is 1.16 bits per heavy atom. The standard InChI is InChI=1S/C23H22F3N3O2/c1-28(12-13-31-19-8-3-2-4-9-19)22(30)20-15-27-29(21(20)16-10-11-16)18-7-5-6-17(14-18)23(24,25)26/h2-9,14-16H,10-13H2,1H3. The summed E-state index contributed by atoms with van der Waals surface area (Å²) in [6.07, 6.45) is -1.23. The molecular formula is C23H22F3N3O2. The number of amides is 1. The maximum Gasteiger partial charge on any atom is 0.416 e. The van der Waals surface area contributed by atoms with Gasteiger partial charge in [0.05, 0.1) is 35.2 Å². The summed E-state index contributed by atoms with van der Waals surface area (Å²) in [5.74, 6) is 0.612. The van der Waals surface area contributed by atoms with E-state index in [4.69, 9.17) is 4.74 Å². The van der Waals surface area contributed by atoms with Gasteiger partial charge >= 0.3 is 6.18 Å². The Labute approximate surface area is 178 Å². The average molecular weight is 429 g/mol. The molecule has 162 valence electrons. The molecule has 4 rings (SSSR count). The maximum absolute atomic E-state index is 13.1. The van der Waals surface area contributed by atoms with Crippen LogP contribution in [0.4, 0.5) is 13.2 Å². The highest BCUT2D eigenvalue weighted by Crippen LogP contribution is 2.43. The van der Waals surface area contributed by atoms with Crippen molar-refractivity contribution in [2.24, 2.45) is 0 Å². The van der Waals surface area contributed by atoms with E-state index in [0.29, 0.717) is 30.1 Å². The number of carbonyl (C=O) groups excluding carboxylic acids is 1. The van der Waals surface area contributed by atoms with E-state index >= 15 is 0 Å². The van der Waals surface area contributed by atoms with E-state index in [1.807, 2.05) is 30.3 Å². The molecule has 1 aromatic heterocycles. The fourth-order valence-corrected chi connectivity index (χ4v) is 3.42. The quantitative estimate of drug-likeness (QED) is 0.536. The topological polar surface area (TPSA) is 47.4 Å². The van der Waals surface area contributed by atoms with Crippen LogP contribution in [0.5, 0.6) is 5.75 Å². The molecule has 1 amide bonds. The first-order valence-electron chi connectivity index (χ1n) is 10.0. The number of benzene rings is 2. The molecular weight excluding hydrogens is 407 g/mol. The third-order valence-electron chi connectivity index (χ3n) is 5.20. The number of halogens is 3. The van der Waals surface area contributed by atoms with Gasteiger partial charge in [0.1, 0.15) is 12.4 Å². The fraction of sp³-hybridized carbons (Fsp3) is 0.304. The molecule has 0 unspecified atom stereocenters. The molecule has 0 N–H and O–H groups in total. The second kappa shape index (κ2) is 8.45. The van der Waals surface area contributed by atoms with Crippen molar-refractivity contribution < 1.29 is 22.7 Å². The molecule has 1 aliphatic rings. The molecule has 0 saturated heterocycles. The van der Waals surface area contributed by atoms with Gasteiger partial charge in [-0.15, -0.1) is 0 Å². The first-order chi connectivity index (χ1) is 14.8. The highest BCUT2D eigenvalue weighted by molar-refractivity contribution is 5.95. The van der Waals surface area contributed by atoms with Crippen LogP contribution in [-0.2, 0) is 6.18 Å². The molecule has 1 saturated carbocycles. The van der Waals surface area contributed by atoms with Crippen LogP contribution in [0.1, 0.15) is 40.4 Å². The Morgan fingerprint density at radius 3 is 2.58 bits per heavy atom. The van der Waals surface area contributed by atoms with E-state index in [1.165, 1.54) is 16.9 Å². The lowest BCUT2D eigenvalue weighted by atomic mass is 10.1. The maximum atomic E-state index is 13.1. The second-order valence-electron chi connectivity index (χ2n) is 7.57. The second-order valence-corrected chi connectivity index (χ2v) is 7.57. The van der Waals surface area contributed by atoms with Crippen molar-refractivity contribution in [2.45, 2.75) is 24.9 Å². The monoisotopic (exact) mass is 429 g/mol. The number of nitrogens with zero attached hydrogens (tertiary/aromatic N) is 3. The Bertz CT molecular complexity index is 1060. The smallest absolute Gasteiger partial charge is 0.416 e. The van der Waals surface area contributed by atoms with Crippen molar-refractivity contribution in [3.05, 3.63) is 77.6 Å². The van der Waals surface area contributed by atoms with Crippen LogP contribution < -0.4 is 4.74 Å². The lowest BCUT2D eigenvalue weighted by molar-refractivity contribution is -0.137. The van der Waals surface area contributed by atoms with Crippen LogP contribution >= 0.6 is 0 Å². The molecule has 0 aliphatic heterocycles. The summed E-state index contributed by atoms with van der Waals surface area (Å²) < 4.78 is 46.5. The highest BCUT2D eigenvalue weighted by atomic mass is 19.4. The average Bonchev–Trinajstić information content (AvgIpc) is 3.51. The number of rotatable bonds is 7. The largest absolute Gasteiger partial charge is 0.492 e. The Kier molecular flexibility index (Phi) is 5.71. The Balaban J connectivity index is 1.53. The lowest BCUT2D eigenvalue weighted by Crippen LogP contribution is -2.31. The SMILES string of the molecule is CN(CCOc1ccccc1)C(=O)c1cnn(-c2cccc(C(F)(F)F)c2)c1C1CC1. The minimum Gasteiger partial charge on any atom is -0.492 e. The molecule has 3 aromatic rings. The zero-order valence-electron chi connectivity index (χ0n) is 17.0. The van der Waals surface area contributed by atoms with Crippen LogP contribution in [0, 0.1) is 0 Å². The molecule has 1 heterocycles.